The number of anilines is 2. The zero-order valence-electron chi connectivity index (χ0n) is 10.5. The quantitative estimate of drug-likeness (QED) is 0.870. The molecule has 7 heteroatoms. The normalized spacial score (nSPS) is 10.4. The van der Waals surface area contributed by atoms with Crippen LogP contribution in [0.25, 0.3) is 0 Å². The second-order valence-corrected chi connectivity index (χ2v) is 4.02. The molecule has 0 aliphatic carbocycles. The maximum atomic E-state index is 13.3. The number of aromatic nitrogens is 1. The lowest BCUT2D eigenvalue weighted by molar-refractivity contribution is -0.497. The molecule has 5 nitrogen and oxygen atoms in total. The van der Waals surface area contributed by atoms with Crippen LogP contribution in [-0.4, -0.2) is 10.9 Å². The minimum absolute atomic E-state index is 0.131. The van der Waals surface area contributed by atoms with Crippen LogP contribution in [0, 0.1) is 16.8 Å². The molecular formula is C13H11F2N3O2. The van der Waals surface area contributed by atoms with Crippen LogP contribution in [-0.2, 0) is 4.79 Å². The summed E-state index contributed by atoms with van der Waals surface area (Å²) in [6.45, 7) is 1.26. The van der Waals surface area contributed by atoms with Crippen LogP contribution < -0.4 is 10.4 Å². The second-order valence-electron chi connectivity index (χ2n) is 4.02. The first-order valence-corrected chi connectivity index (χ1v) is 5.70. The molecule has 1 amide bonds. The van der Waals surface area contributed by atoms with E-state index < -0.39 is 17.5 Å². The summed E-state index contributed by atoms with van der Waals surface area (Å²) in [7, 11) is 0. The molecule has 0 aliphatic heterocycles. The van der Waals surface area contributed by atoms with Crippen molar-refractivity contribution in [2.45, 2.75) is 6.92 Å². The van der Waals surface area contributed by atoms with Crippen molar-refractivity contribution in [2.75, 3.05) is 4.90 Å². The van der Waals surface area contributed by atoms with Gasteiger partial charge in [-0.15, -0.1) is 0 Å². The highest BCUT2D eigenvalue weighted by atomic mass is 19.2. The van der Waals surface area contributed by atoms with Gasteiger partial charge in [0.05, 0.1) is 5.69 Å². The molecule has 2 rings (SSSR count). The molecule has 1 heterocycles. The van der Waals surface area contributed by atoms with E-state index in [1.807, 2.05) is 0 Å². The molecule has 104 valence electrons. The number of halogens is 2. The Kier molecular flexibility index (Phi) is 4.02. The molecule has 2 aromatic rings. The molecule has 0 saturated heterocycles. The summed E-state index contributed by atoms with van der Waals surface area (Å²) >= 11 is 0. The van der Waals surface area contributed by atoms with E-state index in [4.69, 9.17) is 0 Å². The highest BCUT2D eigenvalue weighted by Crippen LogP contribution is 2.26. The van der Waals surface area contributed by atoms with E-state index in [2.05, 4.69) is 4.98 Å². The minimum Gasteiger partial charge on any atom is -0.630 e. The zero-order chi connectivity index (χ0) is 14.7. The van der Waals surface area contributed by atoms with Crippen molar-refractivity contribution in [2.24, 2.45) is 0 Å². The summed E-state index contributed by atoms with van der Waals surface area (Å²) in [5.41, 5.74) is 1.06. The monoisotopic (exact) mass is 279 g/mol. The van der Waals surface area contributed by atoms with Gasteiger partial charge in [-0.1, -0.05) is 0 Å². The third kappa shape index (κ3) is 2.79. The molecule has 1 aromatic carbocycles. The van der Waals surface area contributed by atoms with E-state index in [0.717, 1.165) is 17.0 Å². The molecule has 0 saturated carbocycles. The molecule has 0 fully saturated rings. The molecular weight excluding hydrogens is 268 g/mol. The van der Waals surface area contributed by atoms with E-state index in [1.54, 1.807) is 0 Å². The average Bonchev–Trinajstić information content (AvgIpc) is 2.43. The predicted octanol–water partition coefficient (Wildman–Crippen LogP) is 1.74. The lowest BCUT2D eigenvalue weighted by atomic mass is 10.2. The number of amides is 1. The number of hydrogen-bond donors (Lipinski definition) is 1. The minimum atomic E-state index is -1.07. The fourth-order valence-electron chi connectivity index (χ4n) is 1.73. The summed E-state index contributed by atoms with van der Waals surface area (Å²) in [4.78, 5) is 16.8. The molecule has 0 atom stereocenters. The van der Waals surface area contributed by atoms with Crippen molar-refractivity contribution in [3.8, 4) is 0 Å². The summed E-state index contributed by atoms with van der Waals surface area (Å²) in [6.07, 6.45) is 1.36. The van der Waals surface area contributed by atoms with Crippen LogP contribution in [0.3, 0.4) is 0 Å². The van der Waals surface area contributed by atoms with Gasteiger partial charge in [-0.05, 0) is 12.1 Å². The first-order valence-electron chi connectivity index (χ1n) is 5.70. The summed E-state index contributed by atoms with van der Waals surface area (Å²) < 4.78 is 26.2. The molecule has 20 heavy (non-hydrogen) atoms. The summed E-state index contributed by atoms with van der Waals surface area (Å²) in [6, 6.07) is 5.93. The van der Waals surface area contributed by atoms with Crippen LogP contribution in [0.5, 0.6) is 0 Å². The third-order valence-corrected chi connectivity index (χ3v) is 2.61. The Morgan fingerprint density at radius 3 is 2.60 bits per heavy atom. The number of hydrogen-bond acceptors (Lipinski definition) is 3. The molecule has 1 aromatic heterocycles. The lowest BCUT2D eigenvalue weighted by Gasteiger charge is -2.20. The highest BCUT2D eigenvalue weighted by Gasteiger charge is 2.18. The number of pyridine rings is 1. The second kappa shape index (κ2) is 5.72. The molecule has 0 aliphatic rings. The van der Waals surface area contributed by atoms with Crippen molar-refractivity contribution in [1.82, 2.24) is 4.98 Å². The number of rotatable bonds is 3. The molecule has 0 spiro atoms. The van der Waals surface area contributed by atoms with E-state index in [0.29, 0.717) is 11.2 Å². The first-order chi connectivity index (χ1) is 9.52. The van der Waals surface area contributed by atoms with Crippen molar-refractivity contribution in [3.63, 3.8) is 0 Å². The number of nitrogens with zero attached hydrogens (tertiary/aromatic N) is 2. The van der Waals surface area contributed by atoms with Crippen molar-refractivity contribution < 1.29 is 19.1 Å². The Labute approximate surface area is 113 Å². The van der Waals surface area contributed by atoms with Crippen LogP contribution in [0.1, 0.15) is 6.92 Å². The van der Waals surface area contributed by atoms with Crippen LogP contribution in [0.15, 0.2) is 36.5 Å². The van der Waals surface area contributed by atoms with Gasteiger partial charge in [-0.25, -0.2) is 13.8 Å². The predicted molar refractivity (Wildman–Crippen MR) is 68.4 cm³/mol. The largest absolute Gasteiger partial charge is 0.630 e. The third-order valence-electron chi connectivity index (χ3n) is 2.61. The average molecular weight is 279 g/mol. The van der Waals surface area contributed by atoms with Crippen LogP contribution >= 0.6 is 0 Å². The van der Waals surface area contributed by atoms with Gasteiger partial charge in [0, 0.05) is 31.3 Å². The van der Waals surface area contributed by atoms with E-state index in [9.17, 15) is 18.8 Å². The molecule has 2 N–H and O–H groups in total. The standard InChI is InChI=1S/C13H11F2N3O2/c1-8(19)18(10-2-3-11(14)12(15)7-10)13-6-9(17-20)4-5-16-13/h2-7H,17H2,1H3. The van der Waals surface area contributed by atoms with Crippen LogP contribution in [0.2, 0.25) is 0 Å². The van der Waals surface area contributed by atoms with Gasteiger partial charge in [0.1, 0.15) is 11.5 Å². The van der Waals surface area contributed by atoms with E-state index >= 15 is 0 Å². The number of carbonyl (C=O) groups is 1. The van der Waals surface area contributed by atoms with Gasteiger partial charge in [0.15, 0.2) is 11.6 Å². The first kappa shape index (κ1) is 14.0. The molecule has 0 radical (unpaired) electrons. The van der Waals surface area contributed by atoms with Crippen molar-refractivity contribution >= 4 is 23.1 Å². The Bertz CT molecular complexity index is 649. The number of quaternary nitrogens is 1. The van der Waals surface area contributed by atoms with Crippen LogP contribution in [0.4, 0.5) is 26.0 Å². The van der Waals surface area contributed by atoms with Gasteiger partial charge in [0.2, 0.25) is 5.91 Å². The maximum absolute atomic E-state index is 13.3. The Balaban J connectivity index is 2.50. The maximum Gasteiger partial charge on any atom is 0.229 e. The smallest absolute Gasteiger partial charge is 0.229 e. The highest BCUT2D eigenvalue weighted by molar-refractivity contribution is 5.98. The van der Waals surface area contributed by atoms with E-state index in [1.165, 1.54) is 31.3 Å². The number of carbonyl (C=O) groups excluding carboxylic acids is 1. The SMILES string of the molecule is CC(=O)N(c1ccc(F)c(F)c1)c1cc([NH2+][O-])ccn1. The Morgan fingerprint density at radius 1 is 1.25 bits per heavy atom. The van der Waals surface area contributed by atoms with Crippen molar-refractivity contribution in [1.29, 1.82) is 0 Å². The fourth-order valence-corrected chi connectivity index (χ4v) is 1.73. The van der Waals surface area contributed by atoms with Gasteiger partial charge in [-0.3, -0.25) is 9.69 Å². The zero-order valence-corrected chi connectivity index (χ0v) is 10.5. The summed E-state index contributed by atoms with van der Waals surface area (Å²) in [5, 5.41) is 10.7. The lowest BCUT2D eigenvalue weighted by Crippen LogP contribution is -2.70. The van der Waals surface area contributed by atoms with Gasteiger partial charge in [0.25, 0.3) is 0 Å². The van der Waals surface area contributed by atoms with Gasteiger partial charge < -0.3 is 10.7 Å². The van der Waals surface area contributed by atoms with Crippen molar-refractivity contribution in [3.05, 3.63) is 53.4 Å². The van der Waals surface area contributed by atoms with Gasteiger partial charge >= 0.3 is 0 Å². The summed E-state index contributed by atoms with van der Waals surface area (Å²) in [5.74, 6) is -2.35. The Hall–Kier alpha value is -2.38. The number of benzene rings is 1. The fraction of sp³-hybridized carbons (Fsp3) is 0.0769. The van der Waals surface area contributed by atoms with E-state index in [-0.39, 0.29) is 11.5 Å². The number of nitrogens with two attached hydrogens (primary N) is 1. The van der Waals surface area contributed by atoms with Gasteiger partial charge in [-0.2, -0.15) is 0 Å². The molecule has 0 unspecified atom stereocenters. The Morgan fingerprint density at radius 2 is 2.00 bits per heavy atom. The molecule has 0 bridgehead atoms. The topological polar surface area (TPSA) is 72.9 Å².